The molecular weight excluding hydrogens is 435 g/mol. The second kappa shape index (κ2) is 9.39. The summed E-state index contributed by atoms with van der Waals surface area (Å²) in [5.74, 6) is -0.199. The number of carbonyl (C=O) groups is 2. The molecule has 0 bridgehead atoms. The van der Waals surface area contributed by atoms with Gasteiger partial charge in [-0.05, 0) is 48.2 Å². The van der Waals surface area contributed by atoms with E-state index in [0.717, 1.165) is 16.0 Å². The summed E-state index contributed by atoms with van der Waals surface area (Å²) in [5.41, 5.74) is 4.34. The van der Waals surface area contributed by atoms with E-state index in [1.54, 1.807) is 30.3 Å². The average molecular weight is 461 g/mol. The maximum absolute atomic E-state index is 13.5. The number of nitrogens with zero attached hydrogens (tertiary/aromatic N) is 1. The second-order valence-corrected chi connectivity index (χ2v) is 8.10. The van der Waals surface area contributed by atoms with Crippen LogP contribution in [-0.2, 0) is 16.1 Å². The predicted molar refractivity (Wildman–Crippen MR) is 128 cm³/mol. The van der Waals surface area contributed by atoms with Crippen molar-refractivity contribution < 1.29 is 23.5 Å². The van der Waals surface area contributed by atoms with Crippen molar-refractivity contribution in [3.63, 3.8) is 0 Å². The van der Waals surface area contributed by atoms with E-state index < -0.39 is 11.8 Å². The van der Waals surface area contributed by atoms with Gasteiger partial charge in [-0.3, -0.25) is 14.5 Å². The normalized spacial score (nSPS) is 13.5. The lowest BCUT2D eigenvalue weighted by Crippen LogP contribution is -2.32. The molecule has 0 saturated carbocycles. The molecule has 0 aliphatic carbocycles. The smallest absolute Gasteiger partial charge is 0.278 e. The Morgan fingerprint density at radius 3 is 2.06 bits per heavy atom. The molecule has 1 aliphatic rings. The van der Waals surface area contributed by atoms with Gasteiger partial charge in [0.05, 0.1) is 26.3 Å². The summed E-state index contributed by atoms with van der Waals surface area (Å²) in [6, 6.07) is 16.5. The van der Waals surface area contributed by atoms with Crippen LogP contribution in [0.4, 0.5) is 10.1 Å². The Morgan fingerprint density at radius 2 is 1.47 bits per heavy atom. The molecule has 3 aromatic carbocycles. The highest BCUT2D eigenvalue weighted by molar-refractivity contribution is 6.36. The molecule has 0 spiro atoms. The van der Waals surface area contributed by atoms with Gasteiger partial charge in [-0.2, -0.15) is 0 Å². The Morgan fingerprint density at radius 1 is 0.824 bits per heavy atom. The van der Waals surface area contributed by atoms with Crippen LogP contribution in [0.1, 0.15) is 22.3 Å². The van der Waals surface area contributed by atoms with Crippen molar-refractivity contribution in [3.8, 4) is 11.5 Å². The van der Waals surface area contributed by atoms with E-state index in [-0.39, 0.29) is 23.6 Å². The molecule has 1 heterocycles. The second-order valence-electron chi connectivity index (χ2n) is 8.10. The fourth-order valence-corrected chi connectivity index (χ4v) is 3.80. The number of anilines is 1. The number of ether oxygens (including phenoxy) is 2. The number of halogens is 1. The van der Waals surface area contributed by atoms with Crippen molar-refractivity contribution in [1.82, 2.24) is 4.90 Å². The first-order valence-electron chi connectivity index (χ1n) is 10.7. The summed E-state index contributed by atoms with van der Waals surface area (Å²) in [7, 11) is 3.07. The Labute approximate surface area is 197 Å². The Hall–Kier alpha value is -4.13. The first kappa shape index (κ1) is 23.0. The molecule has 0 aromatic heterocycles. The summed E-state index contributed by atoms with van der Waals surface area (Å²) in [6.07, 6.45) is 0. The summed E-state index contributed by atoms with van der Waals surface area (Å²) < 4.78 is 24.0. The maximum atomic E-state index is 13.5. The molecule has 7 heteroatoms. The van der Waals surface area contributed by atoms with Crippen LogP contribution in [-0.4, -0.2) is 30.9 Å². The highest BCUT2D eigenvalue weighted by Crippen LogP contribution is 2.34. The molecule has 6 nitrogen and oxygen atoms in total. The van der Waals surface area contributed by atoms with Gasteiger partial charge in [0.15, 0.2) is 0 Å². The monoisotopic (exact) mass is 460 g/mol. The number of rotatable bonds is 7. The van der Waals surface area contributed by atoms with Gasteiger partial charge in [-0.15, -0.1) is 0 Å². The van der Waals surface area contributed by atoms with Crippen molar-refractivity contribution >= 4 is 23.1 Å². The van der Waals surface area contributed by atoms with Gasteiger partial charge in [-0.25, -0.2) is 4.39 Å². The first-order chi connectivity index (χ1) is 16.3. The molecule has 0 unspecified atom stereocenters. The molecule has 0 atom stereocenters. The molecule has 2 amide bonds. The summed E-state index contributed by atoms with van der Waals surface area (Å²) >= 11 is 0. The summed E-state index contributed by atoms with van der Waals surface area (Å²) in [6.45, 7) is 3.97. The van der Waals surface area contributed by atoms with Crippen LogP contribution in [0.5, 0.6) is 11.5 Å². The van der Waals surface area contributed by atoms with Crippen LogP contribution in [0.25, 0.3) is 5.57 Å². The van der Waals surface area contributed by atoms with Gasteiger partial charge in [-0.1, -0.05) is 30.3 Å². The zero-order chi connectivity index (χ0) is 24.4. The number of imide groups is 1. The number of carbonyl (C=O) groups excluding carboxylic acids is 2. The molecule has 1 aliphatic heterocycles. The molecular formula is C27H25FN2O4. The molecule has 0 fully saturated rings. The van der Waals surface area contributed by atoms with Crippen molar-refractivity contribution in [1.29, 1.82) is 0 Å². The Balaban J connectivity index is 1.78. The Bertz CT molecular complexity index is 1280. The number of hydrogen-bond donors (Lipinski definition) is 1. The van der Waals surface area contributed by atoms with Crippen LogP contribution in [0.3, 0.4) is 0 Å². The predicted octanol–water partition coefficient (Wildman–Crippen LogP) is 4.85. The van der Waals surface area contributed by atoms with Gasteiger partial charge >= 0.3 is 0 Å². The number of amides is 2. The van der Waals surface area contributed by atoms with Gasteiger partial charge < -0.3 is 14.8 Å². The minimum atomic E-state index is -0.468. The SMILES string of the molecule is COc1cc(NC2=C(c3ccc(C)c(C)c3)C(=O)N(Cc3ccc(F)cc3)C2=O)cc(OC)c1. The van der Waals surface area contributed by atoms with Gasteiger partial charge in [0.1, 0.15) is 23.0 Å². The Kier molecular flexibility index (Phi) is 6.36. The van der Waals surface area contributed by atoms with Gasteiger partial charge in [0.2, 0.25) is 0 Å². The zero-order valence-corrected chi connectivity index (χ0v) is 19.4. The third kappa shape index (κ3) is 4.50. The van der Waals surface area contributed by atoms with E-state index in [1.807, 2.05) is 32.0 Å². The average Bonchev–Trinajstić information content (AvgIpc) is 3.06. The molecule has 174 valence electrons. The lowest BCUT2D eigenvalue weighted by Gasteiger charge is -2.16. The fraction of sp³-hybridized carbons (Fsp3) is 0.185. The first-order valence-corrected chi connectivity index (χ1v) is 10.7. The van der Waals surface area contributed by atoms with Gasteiger partial charge in [0.25, 0.3) is 11.8 Å². The molecule has 4 rings (SSSR count). The van der Waals surface area contributed by atoms with E-state index in [4.69, 9.17) is 9.47 Å². The van der Waals surface area contributed by atoms with E-state index >= 15 is 0 Å². The molecule has 3 aromatic rings. The minimum Gasteiger partial charge on any atom is -0.497 e. The minimum absolute atomic E-state index is 0.0267. The number of aryl methyl sites for hydroxylation is 2. The van der Waals surface area contributed by atoms with Gasteiger partial charge in [0, 0.05) is 23.9 Å². The largest absolute Gasteiger partial charge is 0.497 e. The van der Waals surface area contributed by atoms with E-state index in [0.29, 0.717) is 28.3 Å². The van der Waals surface area contributed by atoms with Crippen LogP contribution < -0.4 is 14.8 Å². The highest BCUT2D eigenvalue weighted by atomic mass is 19.1. The third-order valence-corrected chi connectivity index (χ3v) is 5.84. The number of methoxy groups -OCH3 is 2. The van der Waals surface area contributed by atoms with Crippen LogP contribution in [0.15, 0.2) is 66.4 Å². The van der Waals surface area contributed by atoms with Crippen molar-refractivity contribution in [3.05, 3.63) is 94.4 Å². The highest BCUT2D eigenvalue weighted by Gasteiger charge is 2.39. The van der Waals surface area contributed by atoms with E-state index in [2.05, 4.69) is 5.32 Å². The molecule has 0 saturated heterocycles. The number of benzene rings is 3. The van der Waals surface area contributed by atoms with Crippen molar-refractivity contribution in [2.45, 2.75) is 20.4 Å². The van der Waals surface area contributed by atoms with E-state index in [9.17, 15) is 14.0 Å². The maximum Gasteiger partial charge on any atom is 0.278 e. The van der Waals surface area contributed by atoms with Crippen LogP contribution >= 0.6 is 0 Å². The quantitative estimate of drug-likeness (QED) is 0.511. The van der Waals surface area contributed by atoms with Crippen molar-refractivity contribution in [2.75, 3.05) is 19.5 Å². The standard InChI is InChI=1S/C27H25FN2O4/c1-16-5-8-19(11-17(16)2)24-25(29-21-12-22(33-3)14-23(13-21)34-4)27(32)30(26(24)31)15-18-6-9-20(28)10-7-18/h5-14,29H,15H2,1-4H3. The lowest BCUT2D eigenvalue weighted by molar-refractivity contribution is -0.137. The zero-order valence-electron chi connectivity index (χ0n) is 19.4. The van der Waals surface area contributed by atoms with Crippen LogP contribution in [0, 0.1) is 19.7 Å². The molecule has 0 radical (unpaired) electrons. The third-order valence-electron chi connectivity index (χ3n) is 5.84. The lowest BCUT2D eigenvalue weighted by atomic mass is 9.99. The fourth-order valence-electron chi connectivity index (χ4n) is 3.80. The van der Waals surface area contributed by atoms with Crippen molar-refractivity contribution in [2.24, 2.45) is 0 Å². The number of nitrogens with one attached hydrogen (secondary N) is 1. The van der Waals surface area contributed by atoms with Crippen LogP contribution in [0.2, 0.25) is 0 Å². The number of hydrogen-bond acceptors (Lipinski definition) is 5. The summed E-state index contributed by atoms with van der Waals surface area (Å²) in [4.78, 5) is 28.2. The topological polar surface area (TPSA) is 67.9 Å². The molecule has 1 N–H and O–H groups in total. The summed E-state index contributed by atoms with van der Waals surface area (Å²) in [5, 5.41) is 3.13. The van der Waals surface area contributed by atoms with E-state index in [1.165, 1.54) is 26.4 Å². The molecule has 34 heavy (non-hydrogen) atoms.